The SMILES string of the molecule is CN1CC(C(=O)N2CCC(c3noc4cc(F)ccc34)CC2)c2ccccc2C1=O. The van der Waals surface area contributed by atoms with Crippen LogP contribution in [0, 0.1) is 5.82 Å². The lowest BCUT2D eigenvalue weighted by Gasteiger charge is -2.37. The summed E-state index contributed by atoms with van der Waals surface area (Å²) in [5, 5.41) is 5.01. The molecule has 3 aromatic rings. The molecular formula is C23H22FN3O3. The van der Waals surface area contributed by atoms with Crippen LogP contribution in [0.25, 0.3) is 11.0 Å². The van der Waals surface area contributed by atoms with E-state index in [0.29, 0.717) is 30.8 Å². The molecule has 7 heteroatoms. The number of halogens is 1. The number of carbonyl (C=O) groups excluding carboxylic acids is 2. The largest absolute Gasteiger partial charge is 0.356 e. The summed E-state index contributed by atoms with van der Waals surface area (Å²) in [6, 6.07) is 11.9. The average molecular weight is 407 g/mol. The van der Waals surface area contributed by atoms with Crippen LogP contribution >= 0.6 is 0 Å². The lowest BCUT2D eigenvalue weighted by atomic mass is 9.86. The smallest absolute Gasteiger partial charge is 0.253 e. The van der Waals surface area contributed by atoms with Crippen LogP contribution in [0.15, 0.2) is 47.0 Å². The predicted octanol–water partition coefficient (Wildman–Crippen LogP) is 3.54. The molecule has 1 saturated heterocycles. The van der Waals surface area contributed by atoms with Crippen LogP contribution in [0.1, 0.15) is 46.3 Å². The maximum absolute atomic E-state index is 13.4. The number of fused-ring (bicyclic) bond motifs is 2. The van der Waals surface area contributed by atoms with Crippen LogP contribution in [0.5, 0.6) is 0 Å². The van der Waals surface area contributed by atoms with Crippen molar-refractivity contribution in [2.45, 2.75) is 24.7 Å². The van der Waals surface area contributed by atoms with Crippen LogP contribution in [0.4, 0.5) is 4.39 Å². The summed E-state index contributed by atoms with van der Waals surface area (Å²) < 4.78 is 18.7. The Kier molecular flexibility index (Phi) is 4.53. The fraction of sp³-hybridized carbons (Fsp3) is 0.348. The topological polar surface area (TPSA) is 66.7 Å². The van der Waals surface area contributed by atoms with Gasteiger partial charge in [0, 0.05) is 49.6 Å². The molecule has 30 heavy (non-hydrogen) atoms. The first-order chi connectivity index (χ1) is 14.5. The molecule has 1 fully saturated rings. The Morgan fingerprint density at radius 1 is 1.17 bits per heavy atom. The van der Waals surface area contributed by atoms with Crippen LogP contribution in [-0.4, -0.2) is 53.5 Å². The highest BCUT2D eigenvalue weighted by Gasteiger charge is 2.37. The zero-order chi connectivity index (χ0) is 20.8. The quantitative estimate of drug-likeness (QED) is 0.652. The number of likely N-dealkylation sites (tertiary alicyclic amines) is 1. The molecule has 2 amide bonds. The highest BCUT2D eigenvalue weighted by atomic mass is 19.1. The van der Waals surface area contributed by atoms with Gasteiger partial charge in [0.15, 0.2) is 5.58 Å². The number of benzene rings is 2. The zero-order valence-electron chi connectivity index (χ0n) is 16.7. The average Bonchev–Trinajstić information content (AvgIpc) is 3.19. The van der Waals surface area contributed by atoms with Gasteiger partial charge in [0.2, 0.25) is 5.91 Å². The maximum atomic E-state index is 13.4. The Labute approximate surface area is 173 Å². The summed E-state index contributed by atoms with van der Waals surface area (Å²) >= 11 is 0. The van der Waals surface area contributed by atoms with E-state index >= 15 is 0 Å². The van der Waals surface area contributed by atoms with Crippen LogP contribution < -0.4 is 0 Å². The van der Waals surface area contributed by atoms with Crippen molar-refractivity contribution in [1.82, 2.24) is 15.0 Å². The lowest BCUT2D eigenvalue weighted by Crippen LogP contribution is -2.46. The number of hydrogen-bond acceptors (Lipinski definition) is 4. The van der Waals surface area contributed by atoms with Gasteiger partial charge < -0.3 is 14.3 Å². The van der Waals surface area contributed by atoms with Gasteiger partial charge in [-0.1, -0.05) is 23.4 Å². The lowest BCUT2D eigenvalue weighted by molar-refractivity contribution is -0.134. The van der Waals surface area contributed by atoms with E-state index in [9.17, 15) is 14.0 Å². The van der Waals surface area contributed by atoms with Gasteiger partial charge in [0.05, 0.1) is 11.6 Å². The number of nitrogens with zero attached hydrogens (tertiary/aromatic N) is 3. The van der Waals surface area contributed by atoms with Crippen molar-refractivity contribution >= 4 is 22.8 Å². The Balaban J connectivity index is 1.33. The predicted molar refractivity (Wildman–Crippen MR) is 109 cm³/mol. The Hall–Kier alpha value is -3.22. The van der Waals surface area contributed by atoms with Gasteiger partial charge in [-0.15, -0.1) is 0 Å². The third kappa shape index (κ3) is 3.05. The number of rotatable bonds is 2. The zero-order valence-corrected chi connectivity index (χ0v) is 16.7. The second kappa shape index (κ2) is 7.23. The van der Waals surface area contributed by atoms with E-state index in [2.05, 4.69) is 5.16 Å². The van der Waals surface area contributed by atoms with Crippen molar-refractivity contribution in [3.8, 4) is 0 Å². The Bertz CT molecular complexity index is 1130. The van der Waals surface area contributed by atoms with Crippen molar-refractivity contribution in [2.24, 2.45) is 0 Å². The number of likely N-dealkylation sites (N-methyl/N-ethyl adjacent to an activating group) is 1. The van der Waals surface area contributed by atoms with E-state index in [-0.39, 0.29) is 29.5 Å². The summed E-state index contributed by atoms with van der Waals surface area (Å²) in [6.45, 7) is 1.64. The minimum absolute atomic E-state index is 0.0392. The fourth-order valence-corrected chi connectivity index (χ4v) is 4.69. The molecule has 0 N–H and O–H groups in total. The highest BCUT2D eigenvalue weighted by Crippen LogP contribution is 2.35. The van der Waals surface area contributed by atoms with Crippen LogP contribution in [-0.2, 0) is 4.79 Å². The van der Waals surface area contributed by atoms with Gasteiger partial charge in [-0.25, -0.2) is 4.39 Å². The Morgan fingerprint density at radius 2 is 1.93 bits per heavy atom. The van der Waals surface area contributed by atoms with Crippen LogP contribution in [0.2, 0.25) is 0 Å². The number of carbonyl (C=O) groups is 2. The van der Waals surface area contributed by atoms with E-state index in [0.717, 1.165) is 29.5 Å². The van der Waals surface area contributed by atoms with Gasteiger partial charge in [0.25, 0.3) is 5.91 Å². The number of hydrogen-bond donors (Lipinski definition) is 0. The third-order valence-electron chi connectivity index (χ3n) is 6.32. The van der Waals surface area contributed by atoms with Gasteiger partial charge >= 0.3 is 0 Å². The molecule has 2 aliphatic heterocycles. The van der Waals surface area contributed by atoms with E-state index < -0.39 is 0 Å². The van der Waals surface area contributed by atoms with Gasteiger partial charge in [-0.3, -0.25) is 9.59 Å². The van der Waals surface area contributed by atoms with Crippen molar-refractivity contribution in [2.75, 3.05) is 26.7 Å². The fourth-order valence-electron chi connectivity index (χ4n) is 4.69. The van der Waals surface area contributed by atoms with Crippen molar-refractivity contribution in [3.63, 3.8) is 0 Å². The molecule has 0 saturated carbocycles. The van der Waals surface area contributed by atoms with Crippen molar-refractivity contribution in [3.05, 3.63) is 65.1 Å². The molecule has 1 unspecified atom stereocenters. The highest BCUT2D eigenvalue weighted by molar-refractivity contribution is 6.00. The molecule has 0 aliphatic carbocycles. The monoisotopic (exact) mass is 407 g/mol. The van der Waals surface area contributed by atoms with E-state index in [4.69, 9.17) is 4.52 Å². The molecule has 5 rings (SSSR count). The van der Waals surface area contributed by atoms with E-state index in [1.54, 1.807) is 24.1 Å². The number of amides is 2. The normalized spacial score (nSPS) is 19.9. The van der Waals surface area contributed by atoms with Gasteiger partial charge in [-0.2, -0.15) is 0 Å². The van der Waals surface area contributed by atoms with E-state index in [1.165, 1.54) is 12.1 Å². The van der Waals surface area contributed by atoms with Crippen molar-refractivity contribution < 1.29 is 18.5 Å². The molecule has 2 aromatic carbocycles. The molecule has 1 aromatic heterocycles. The molecule has 0 bridgehead atoms. The standard InChI is InChI=1S/C23H22FN3O3/c1-26-13-19(16-4-2-3-5-17(16)22(26)28)23(29)27-10-8-14(9-11-27)21-18-7-6-15(24)12-20(18)30-25-21/h2-7,12,14,19H,8-11,13H2,1H3. The maximum Gasteiger partial charge on any atom is 0.253 e. The molecule has 6 nitrogen and oxygen atoms in total. The third-order valence-corrected chi connectivity index (χ3v) is 6.32. The van der Waals surface area contributed by atoms with Crippen molar-refractivity contribution in [1.29, 1.82) is 0 Å². The van der Waals surface area contributed by atoms with Crippen LogP contribution in [0.3, 0.4) is 0 Å². The number of piperidine rings is 1. The summed E-state index contributed by atoms with van der Waals surface area (Å²) in [6.07, 6.45) is 1.54. The first-order valence-corrected chi connectivity index (χ1v) is 10.2. The summed E-state index contributed by atoms with van der Waals surface area (Å²) in [5.74, 6) is -0.489. The molecule has 154 valence electrons. The first-order valence-electron chi connectivity index (χ1n) is 10.2. The molecule has 1 atom stereocenters. The van der Waals surface area contributed by atoms with E-state index in [1.807, 2.05) is 23.1 Å². The summed E-state index contributed by atoms with van der Waals surface area (Å²) in [7, 11) is 1.74. The summed E-state index contributed by atoms with van der Waals surface area (Å²) in [4.78, 5) is 29.3. The molecule has 3 heterocycles. The van der Waals surface area contributed by atoms with Gasteiger partial charge in [0.1, 0.15) is 5.82 Å². The summed E-state index contributed by atoms with van der Waals surface area (Å²) in [5.41, 5.74) is 2.72. The molecule has 0 radical (unpaired) electrons. The second-order valence-electron chi connectivity index (χ2n) is 8.13. The molecule has 0 spiro atoms. The minimum Gasteiger partial charge on any atom is -0.356 e. The first kappa shape index (κ1) is 18.8. The van der Waals surface area contributed by atoms with Gasteiger partial charge in [-0.05, 0) is 36.6 Å². The second-order valence-corrected chi connectivity index (χ2v) is 8.13. The molecule has 2 aliphatic rings. The minimum atomic E-state index is -0.346. The molecular weight excluding hydrogens is 385 g/mol. The number of aromatic nitrogens is 1. The Morgan fingerprint density at radius 3 is 2.73 bits per heavy atom.